The van der Waals surface area contributed by atoms with Crippen molar-refractivity contribution in [1.82, 2.24) is 9.57 Å². The summed E-state index contributed by atoms with van der Waals surface area (Å²) in [5.41, 5.74) is 0. The molecule has 84 valence electrons. The largest absolute Gasteiger partial charge is 0.308 e. The van der Waals surface area contributed by atoms with Crippen LogP contribution in [0.4, 0.5) is 0 Å². The van der Waals surface area contributed by atoms with E-state index >= 15 is 0 Å². The maximum Gasteiger partial charge on any atom is 0.0943 e. The quantitative estimate of drug-likeness (QED) is 0.734. The van der Waals surface area contributed by atoms with Crippen molar-refractivity contribution in [3.8, 4) is 0 Å². The summed E-state index contributed by atoms with van der Waals surface area (Å²) in [5.74, 6) is 0. The predicted octanol–water partition coefficient (Wildman–Crippen LogP) is 2.36. The molecule has 0 N–H and O–H groups in total. The third kappa shape index (κ3) is 4.48. The topological polar surface area (TPSA) is 6.48 Å². The van der Waals surface area contributed by atoms with Crippen molar-refractivity contribution in [2.24, 2.45) is 0 Å². The van der Waals surface area contributed by atoms with Gasteiger partial charge in [0.15, 0.2) is 0 Å². The lowest BCUT2D eigenvalue weighted by molar-refractivity contribution is 0.370. The molecule has 0 saturated heterocycles. The lowest BCUT2D eigenvalue weighted by Gasteiger charge is -2.23. The first-order valence-corrected chi connectivity index (χ1v) is 7.18. The van der Waals surface area contributed by atoms with Crippen LogP contribution < -0.4 is 5.30 Å². The van der Waals surface area contributed by atoms with Gasteiger partial charge in [-0.25, -0.2) is 0 Å². The summed E-state index contributed by atoms with van der Waals surface area (Å²) in [6.45, 7) is 2.03. The molecule has 0 aromatic heterocycles. The molecule has 0 amide bonds. The van der Waals surface area contributed by atoms with Crippen LogP contribution >= 0.6 is 18.7 Å². The third-order valence-corrected chi connectivity index (χ3v) is 5.02. The number of benzene rings is 1. The average molecular weight is 245 g/mol. The van der Waals surface area contributed by atoms with Gasteiger partial charge in [0.05, 0.1) is 7.43 Å². The summed E-state index contributed by atoms with van der Waals surface area (Å²) in [5, 5.41) is 1.22. The fourth-order valence-electron chi connectivity index (χ4n) is 1.18. The Morgan fingerprint density at radius 1 is 1.07 bits per heavy atom. The monoisotopic (exact) mass is 244 g/mol. The Hall–Kier alpha value is -0.140. The highest BCUT2D eigenvalue weighted by atomic mass is 35.7. The van der Waals surface area contributed by atoms with E-state index in [1.165, 1.54) is 5.30 Å². The summed E-state index contributed by atoms with van der Waals surface area (Å²) in [6, 6.07) is 10.3. The third-order valence-electron chi connectivity index (χ3n) is 2.14. The van der Waals surface area contributed by atoms with Crippen LogP contribution in [0.5, 0.6) is 0 Å². The summed E-state index contributed by atoms with van der Waals surface area (Å²) in [6.07, 6.45) is 0. The Balaban J connectivity index is 2.49. The molecule has 0 spiro atoms. The molecule has 1 rings (SSSR count). The maximum absolute atomic E-state index is 6.41. The molecule has 0 heterocycles. The number of halogens is 1. The fourth-order valence-corrected chi connectivity index (χ4v) is 2.82. The van der Waals surface area contributed by atoms with Gasteiger partial charge in [-0.05, 0) is 21.1 Å². The summed E-state index contributed by atoms with van der Waals surface area (Å²) < 4.78 is 2.21. The van der Waals surface area contributed by atoms with E-state index in [1.807, 2.05) is 18.2 Å². The van der Waals surface area contributed by atoms with Crippen LogP contribution in [0.2, 0.25) is 0 Å². The summed E-state index contributed by atoms with van der Waals surface area (Å²) in [7, 11) is 5.54. The predicted molar refractivity (Wildman–Crippen MR) is 70.0 cm³/mol. The van der Waals surface area contributed by atoms with Crippen LogP contribution in [0.25, 0.3) is 0 Å². The zero-order valence-electron chi connectivity index (χ0n) is 9.52. The normalized spacial score (nSPS) is 13.5. The van der Waals surface area contributed by atoms with Crippen molar-refractivity contribution in [3.63, 3.8) is 0 Å². The van der Waals surface area contributed by atoms with Crippen LogP contribution in [0.3, 0.4) is 0 Å². The van der Waals surface area contributed by atoms with Crippen LogP contribution in [0.15, 0.2) is 30.3 Å². The number of hydrogen-bond acceptors (Lipinski definition) is 2. The highest BCUT2D eigenvalue weighted by Gasteiger charge is 2.13. The Bertz CT molecular complexity index is 279. The molecule has 1 unspecified atom stereocenters. The highest BCUT2D eigenvalue weighted by Crippen LogP contribution is 2.42. The smallest absolute Gasteiger partial charge is 0.0943 e. The van der Waals surface area contributed by atoms with E-state index in [-0.39, 0.29) is 0 Å². The van der Waals surface area contributed by atoms with Gasteiger partial charge >= 0.3 is 0 Å². The van der Waals surface area contributed by atoms with Gasteiger partial charge in [-0.2, -0.15) is 0 Å². The van der Waals surface area contributed by atoms with Crippen molar-refractivity contribution in [3.05, 3.63) is 30.3 Å². The van der Waals surface area contributed by atoms with Gasteiger partial charge in [0.1, 0.15) is 0 Å². The summed E-state index contributed by atoms with van der Waals surface area (Å²) in [4.78, 5) is 2.17. The minimum atomic E-state index is -0.689. The van der Waals surface area contributed by atoms with Gasteiger partial charge in [0.25, 0.3) is 0 Å². The molecule has 0 aliphatic rings. The molecular formula is C11H18ClN2P. The minimum Gasteiger partial charge on any atom is -0.308 e. The van der Waals surface area contributed by atoms with Gasteiger partial charge < -0.3 is 4.90 Å². The first kappa shape index (κ1) is 12.9. The minimum absolute atomic E-state index is 0.689. The Morgan fingerprint density at radius 3 is 2.20 bits per heavy atom. The number of rotatable bonds is 5. The molecule has 0 aliphatic heterocycles. The van der Waals surface area contributed by atoms with E-state index in [4.69, 9.17) is 11.2 Å². The number of hydrogen-bond donors (Lipinski definition) is 0. The Morgan fingerprint density at radius 2 is 1.67 bits per heavy atom. The SMILES string of the molecule is CN(C)CCN(C)P(Cl)c1ccccc1. The average Bonchev–Trinajstić information content (AvgIpc) is 2.26. The number of likely N-dealkylation sites (N-methyl/N-ethyl adjacent to an activating group) is 2. The molecule has 1 aromatic rings. The molecule has 15 heavy (non-hydrogen) atoms. The second kappa shape index (κ2) is 6.44. The first-order valence-electron chi connectivity index (χ1n) is 4.98. The van der Waals surface area contributed by atoms with Crippen molar-refractivity contribution in [2.75, 3.05) is 34.2 Å². The van der Waals surface area contributed by atoms with E-state index < -0.39 is 7.43 Å². The maximum atomic E-state index is 6.41. The molecule has 1 aromatic carbocycles. The van der Waals surface area contributed by atoms with Crippen LogP contribution in [-0.2, 0) is 0 Å². The van der Waals surface area contributed by atoms with Gasteiger partial charge in [-0.1, -0.05) is 41.6 Å². The zero-order valence-corrected chi connectivity index (χ0v) is 11.2. The Kier molecular flexibility index (Phi) is 5.55. The molecule has 1 atom stereocenters. The van der Waals surface area contributed by atoms with Crippen molar-refractivity contribution in [2.45, 2.75) is 0 Å². The standard InChI is InChI=1S/C11H18ClN2P/c1-13(2)9-10-14(3)15(12)11-7-5-4-6-8-11/h4-8H,9-10H2,1-3H3. The van der Waals surface area contributed by atoms with E-state index in [9.17, 15) is 0 Å². The second-order valence-electron chi connectivity index (χ2n) is 3.78. The lowest BCUT2D eigenvalue weighted by Crippen LogP contribution is -2.26. The van der Waals surface area contributed by atoms with Crippen LogP contribution in [-0.4, -0.2) is 43.8 Å². The molecule has 0 aliphatic carbocycles. The van der Waals surface area contributed by atoms with Gasteiger partial charge in [-0.3, -0.25) is 4.67 Å². The molecule has 0 radical (unpaired) electrons. The van der Waals surface area contributed by atoms with Gasteiger partial charge in [0, 0.05) is 18.4 Å². The van der Waals surface area contributed by atoms with Crippen LogP contribution in [0.1, 0.15) is 0 Å². The molecule has 2 nitrogen and oxygen atoms in total. The first-order chi connectivity index (χ1) is 7.11. The van der Waals surface area contributed by atoms with E-state index in [0.29, 0.717) is 0 Å². The van der Waals surface area contributed by atoms with Gasteiger partial charge in [-0.15, -0.1) is 0 Å². The van der Waals surface area contributed by atoms with Gasteiger partial charge in [0.2, 0.25) is 0 Å². The Labute approximate surface area is 98.4 Å². The van der Waals surface area contributed by atoms with E-state index in [1.54, 1.807) is 0 Å². The molecule has 0 saturated carbocycles. The van der Waals surface area contributed by atoms with E-state index in [0.717, 1.165) is 13.1 Å². The fraction of sp³-hybridized carbons (Fsp3) is 0.455. The van der Waals surface area contributed by atoms with Crippen molar-refractivity contribution < 1.29 is 0 Å². The molecular weight excluding hydrogens is 227 g/mol. The van der Waals surface area contributed by atoms with Crippen LogP contribution in [0, 0.1) is 0 Å². The van der Waals surface area contributed by atoms with Crippen molar-refractivity contribution in [1.29, 1.82) is 0 Å². The van der Waals surface area contributed by atoms with Crippen molar-refractivity contribution >= 4 is 24.0 Å². The molecule has 4 heteroatoms. The molecule has 0 bridgehead atoms. The number of nitrogens with zero attached hydrogens (tertiary/aromatic N) is 2. The molecule has 0 fully saturated rings. The second-order valence-corrected chi connectivity index (χ2v) is 6.46. The summed E-state index contributed by atoms with van der Waals surface area (Å²) >= 11 is 6.41. The zero-order chi connectivity index (χ0) is 11.3. The van der Waals surface area contributed by atoms with E-state index in [2.05, 4.69) is 42.8 Å². The highest BCUT2D eigenvalue weighted by molar-refractivity contribution is 7.88. The lowest BCUT2D eigenvalue weighted by atomic mass is 10.4.